The Hall–Kier alpha value is -2.73. The van der Waals surface area contributed by atoms with Crippen LogP contribution >= 0.6 is 11.3 Å². The number of ether oxygens (including phenoxy) is 1. The zero-order chi connectivity index (χ0) is 19.7. The summed E-state index contributed by atoms with van der Waals surface area (Å²) < 4.78 is 6.50. The van der Waals surface area contributed by atoms with Crippen LogP contribution in [0.5, 0.6) is 0 Å². The van der Waals surface area contributed by atoms with E-state index in [1.54, 1.807) is 23.3 Å². The van der Waals surface area contributed by atoms with Gasteiger partial charge in [-0.2, -0.15) is 0 Å². The number of nitrogens with zero attached hydrogens (tertiary/aromatic N) is 2. The first-order valence-electron chi connectivity index (χ1n) is 9.35. The molecule has 1 aliphatic carbocycles. The lowest BCUT2D eigenvalue weighted by atomic mass is 9.96. The van der Waals surface area contributed by atoms with Gasteiger partial charge in [0.15, 0.2) is 6.61 Å². The number of rotatable bonds is 6. The molecule has 0 N–H and O–H groups in total. The number of hydrogen-bond donors (Lipinski definition) is 0. The lowest BCUT2D eigenvalue weighted by Gasteiger charge is -2.23. The van der Waals surface area contributed by atoms with E-state index in [2.05, 4.69) is 4.98 Å². The molecule has 1 saturated carbocycles. The second kappa shape index (κ2) is 7.36. The summed E-state index contributed by atoms with van der Waals surface area (Å²) in [5.41, 5.74) is 1.32. The van der Waals surface area contributed by atoms with Crippen LogP contribution in [0.2, 0.25) is 0 Å². The van der Waals surface area contributed by atoms with Gasteiger partial charge in [-0.25, -0.2) is 4.98 Å². The van der Waals surface area contributed by atoms with E-state index in [4.69, 9.17) is 4.74 Å². The van der Waals surface area contributed by atoms with Gasteiger partial charge < -0.3 is 9.64 Å². The third-order valence-corrected chi connectivity index (χ3v) is 6.64. The Labute approximate surface area is 168 Å². The van der Waals surface area contributed by atoms with E-state index < -0.39 is 5.41 Å². The maximum atomic E-state index is 12.6. The quantitative estimate of drug-likeness (QED) is 0.591. The zero-order valence-corrected chi connectivity index (χ0v) is 16.7. The van der Waals surface area contributed by atoms with Gasteiger partial charge in [0, 0.05) is 7.05 Å². The number of fused-ring (bicyclic) bond motifs is 1. The number of para-hydroxylation sites is 1. The van der Waals surface area contributed by atoms with Gasteiger partial charge in [-0.15, -0.1) is 11.3 Å². The first kappa shape index (κ1) is 18.6. The fraction of sp³-hybridized carbons (Fsp3) is 0.318. The molecule has 2 aromatic carbocycles. The van der Waals surface area contributed by atoms with Crippen LogP contribution < -0.4 is 0 Å². The summed E-state index contributed by atoms with van der Waals surface area (Å²) in [6, 6.07) is 17.4. The molecule has 1 atom stereocenters. The van der Waals surface area contributed by atoms with Crippen molar-refractivity contribution in [3.63, 3.8) is 0 Å². The van der Waals surface area contributed by atoms with Crippen molar-refractivity contribution in [3.8, 4) is 0 Å². The topological polar surface area (TPSA) is 59.5 Å². The highest BCUT2D eigenvalue weighted by Gasteiger charge is 2.52. The molecular weight excluding hydrogens is 372 g/mol. The van der Waals surface area contributed by atoms with Crippen molar-refractivity contribution < 1.29 is 14.3 Å². The summed E-state index contributed by atoms with van der Waals surface area (Å²) in [4.78, 5) is 31.4. The van der Waals surface area contributed by atoms with E-state index in [-0.39, 0.29) is 24.5 Å². The van der Waals surface area contributed by atoms with Gasteiger partial charge in [-0.3, -0.25) is 9.59 Å². The lowest BCUT2D eigenvalue weighted by Crippen LogP contribution is -2.35. The molecule has 5 nitrogen and oxygen atoms in total. The summed E-state index contributed by atoms with van der Waals surface area (Å²) in [6.07, 6.45) is 1.53. The molecule has 3 aromatic rings. The summed E-state index contributed by atoms with van der Waals surface area (Å²) >= 11 is 1.57. The molecule has 4 rings (SSSR count). The van der Waals surface area contributed by atoms with E-state index in [0.29, 0.717) is 0 Å². The average molecular weight is 394 g/mol. The van der Waals surface area contributed by atoms with Crippen molar-refractivity contribution in [2.45, 2.75) is 31.2 Å². The average Bonchev–Trinajstić information content (AvgIpc) is 3.43. The number of aromatic nitrogens is 1. The van der Waals surface area contributed by atoms with Crippen molar-refractivity contribution in [2.75, 3.05) is 13.7 Å². The highest BCUT2D eigenvalue weighted by atomic mass is 32.1. The Morgan fingerprint density at radius 1 is 1.14 bits per heavy atom. The van der Waals surface area contributed by atoms with Gasteiger partial charge >= 0.3 is 5.97 Å². The van der Waals surface area contributed by atoms with Gasteiger partial charge in [0.05, 0.1) is 21.7 Å². The standard InChI is InChI=1S/C22H22N2O3S/c1-15(20-23-17-10-6-7-11-18(17)28-20)24(2)19(25)14-27-21(26)22(12-13-22)16-8-4-3-5-9-16/h3-11,15H,12-14H2,1-2H3/t15-/m0/s1. The van der Waals surface area contributed by atoms with Crippen molar-refractivity contribution in [1.82, 2.24) is 9.88 Å². The van der Waals surface area contributed by atoms with Crippen LogP contribution in [0.15, 0.2) is 54.6 Å². The van der Waals surface area contributed by atoms with E-state index in [1.807, 2.05) is 61.5 Å². The number of carbonyl (C=O) groups excluding carboxylic acids is 2. The Kier molecular flexibility index (Phi) is 4.89. The minimum atomic E-state index is -0.571. The molecule has 0 radical (unpaired) electrons. The number of thiazole rings is 1. The SMILES string of the molecule is C[C@@H](c1nc2ccccc2s1)N(C)C(=O)COC(=O)C1(c2ccccc2)CC1. The molecule has 1 aliphatic rings. The fourth-order valence-corrected chi connectivity index (χ4v) is 4.37. The van der Waals surface area contributed by atoms with E-state index in [9.17, 15) is 9.59 Å². The molecule has 0 unspecified atom stereocenters. The molecule has 1 fully saturated rings. The van der Waals surface area contributed by atoms with Crippen LogP contribution in [0.1, 0.15) is 36.4 Å². The van der Waals surface area contributed by atoms with Crippen molar-refractivity contribution in [3.05, 3.63) is 65.2 Å². The van der Waals surface area contributed by atoms with Crippen LogP contribution in [-0.4, -0.2) is 35.4 Å². The summed E-state index contributed by atoms with van der Waals surface area (Å²) in [5, 5.41) is 0.867. The summed E-state index contributed by atoms with van der Waals surface area (Å²) in [6.45, 7) is 1.68. The first-order chi connectivity index (χ1) is 13.5. The Morgan fingerprint density at radius 3 is 2.50 bits per heavy atom. The van der Waals surface area contributed by atoms with Crippen LogP contribution in [0, 0.1) is 0 Å². The Bertz CT molecular complexity index is 978. The zero-order valence-electron chi connectivity index (χ0n) is 15.9. The first-order valence-corrected chi connectivity index (χ1v) is 10.2. The molecule has 28 heavy (non-hydrogen) atoms. The summed E-state index contributed by atoms with van der Waals surface area (Å²) in [7, 11) is 1.72. The normalized spacial score (nSPS) is 15.8. The number of hydrogen-bond acceptors (Lipinski definition) is 5. The number of esters is 1. The molecule has 6 heteroatoms. The molecule has 1 amide bonds. The molecule has 144 valence electrons. The molecular formula is C22H22N2O3S. The smallest absolute Gasteiger partial charge is 0.317 e. The Balaban J connectivity index is 1.38. The molecule has 0 saturated heterocycles. The van der Waals surface area contributed by atoms with E-state index in [1.165, 1.54) is 0 Å². The number of amides is 1. The molecule has 1 heterocycles. The molecule has 0 aliphatic heterocycles. The molecule has 0 spiro atoms. The van der Waals surface area contributed by atoms with Gasteiger partial charge in [-0.1, -0.05) is 42.5 Å². The van der Waals surface area contributed by atoms with E-state index >= 15 is 0 Å². The number of carbonyl (C=O) groups is 2. The minimum absolute atomic E-state index is 0.187. The highest BCUT2D eigenvalue weighted by Crippen LogP contribution is 2.49. The lowest BCUT2D eigenvalue weighted by molar-refractivity contribution is -0.154. The van der Waals surface area contributed by atoms with Crippen LogP contribution in [0.3, 0.4) is 0 Å². The van der Waals surface area contributed by atoms with Crippen LogP contribution in [0.25, 0.3) is 10.2 Å². The maximum Gasteiger partial charge on any atom is 0.317 e. The third kappa shape index (κ3) is 3.40. The fourth-order valence-electron chi connectivity index (χ4n) is 3.31. The van der Waals surface area contributed by atoms with Crippen LogP contribution in [-0.2, 0) is 19.7 Å². The predicted molar refractivity (Wildman–Crippen MR) is 109 cm³/mol. The molecule has 0 bridgehead atoms. The summed E-state index contributed by atoms with van der Waals surface area (Å²) in [5.74, 6) is -0.544. The largest absolute Gasteiger partial charge is 0.455 e. The van der Waals surface area contributed by atoms with Gasteiger partial charge in [0.2, 0.25) is 0 Å². The van der Waals surface area contributed by atoms with Gasteiger partial charge in [0.1, 0.15) is 5.01 Å². The Morgan fingerprint density at radius 2 is 1.82 bits per heavy atom. The maximum absolute atomic E-state index is 12.6. The second-order valence-corrected chi connectivity index (χ2v) is 8.29. The van der Waals surface area contributed by atoms with Crippen molar-refractivity contribution in [1.29, 1.82) is 0 Å². The highest BCUT2D eigenvalue weighted by molar-refractivity contribution is 7.18. The predicted octanol–water partition coefficient (Wildman–Crippen LogP) is 4.09. The van der Waals surface area contributed by atoms with Crippen molar-refractivity contribution in [2.24, 2.45) is 0 Å². The minimum Gasteiger partial charge on any atom is -0.455 e. The number of benzene rings is 2. The van der Waals surface area contributed by atoms with Gasteiger partial charge in [-0.05, 0) is 37.5 Å². The monoisotopic (exact) mass is 394 g/mol. The number of likely N-dealkylation sites (N-methyl/N-ethyl adjacent to an activating group) is 1. The van der Waals surface area contributed by atoms with Crippen LogP contribution in [0.4, 0.5) is 0 Å². The third-order valence-electron chi connectivity index (χ3n) is 5.44. The van der Waals surface area contributed by atoms with Gasteiger partial charge in [0.25, 0.3) is 5.91 Å². The molecule has 1 aromatic heterocycles. The van der Waals surface area contributed by atoms with Crippen molar-refractivity contribution >= 4 is 33.4 Å². The van der Waals surface area contributed by atoms with E-state index in [0.717, 1.165) is 33.6 Å². The second-order valence-electron chi connectivity index (χ2n) is 7.22.